The smallest absolute Gasteiger partial charge is 0.211 e. The fraction of sp³-hybridized carbons (Fsp3) is 1.00. The van der Waals surface area contributed by atoms with Crippen LogP contribution < -0.4 is 10.0 Å². The molecule has 4 nitrogen and oxygen atoms in total. The van der Waals surface area contributed by atoms with Gasteiger partial charge in [0.2, 0.25) is 10.0 Å². The first-order valence-corrected chi connectivity index (χ1v) is 9.39. The van der Waals surface area contributed by atoms with Crippen LogP contribution in [0.15, 0.2) is 0 Å². The van der Waals surface area contributed by atoms with E-state index in [0.717, 1.165) is 19.4 Å². The van der Waals surface area contributed by atoms with Crippen LogP contribution >= 0.6 is 0 Å². The summed E-state index contributed by atoms with van der Waals surface area (Å²) in [5.41, 5.74) is 0. The molecule has 5 heteroatoms. The molecule has 0 amide bonds. The zero-order valence-corrected chi connectivity index (χ0v) is 13.5. The van der Waals surface area contributed by atoms with Crippen LogP contribution in [0.25, 0.3) is 0 Å². The van der Waals surface area contributed by atoms with E-state index in [1.54, 1.807) is 0 Å². The predicted octanol–water partition coefficient (Wildman–Crippen LogP) is 2.66. The summed E-state index contributed by atoms with van der Waals surface area (Å²) in [7, 11) is -1.21. The Labute approximate surface area is 119 Å². The highest BCUT2D eigenvalue weighted by Gasteiger charge is 2.07. The normalized spacial score (nSPS) is 11.9. The minimum absolute atomic E-state index is 0.227. The van der Waals surface area contributed by atoms with Crippen LogP contribution in [0.4, 0.5) is 0 Å². The maximum Gasteiger partial charge on any atom is 0.211 e. The van der Waals surface area contributed by atoms with Crippen LogP contribution in [0.1, 0.15) is 64.7 Å². The average Bonchev–Trinajstić information content (AvgIpc) is 2.37. The molecular formula is C14H32N2O2S. The molecule has 0 rings (SSSR count). The van der Waals surface area contributed by atoms with Crippen molar-refractivity contribution in [1.82, 2.24) is 10.0 Å². The van der Waals surface area contributed by atoms with Crippen molar-refractivity contribution in [1.29, 1.82) is 0 Å². The third kappa shape index (κ3) is 14.1. The molecule has 0 radical (unpaired) electrons. The van der Waals surface area contributed by atoms with E-state index in [9.17, 15) is 8.42 Å². The van der Waals surface area contributed by atoms with E-state index in [1.807, 2.05) is 7.05 Å². The summed E-state index contributed by atoms with van der Waals surface area (Å²) in [4.78, 5) is 0. The third-order valence-corrected chi connectivity index (χ3v) is 4.66. The molecule has 0 aromatic carbocycles. The van der Waals surface area contributed by atoms with E-state index >= 15 is 0 Å². The first-order chi connectivity index (χ1) is 9.12. The lowest BCUT2D eigenvalue weighted by molar-refractivity contribution is 0.557. The van der Waals surface area contributed by atoms with E-state index in [1.165, 1.54) is 38.5 Å². The summed E-state index contributed by atoms with van der Waals surface area (Å²) >= 11 is 0. The van der Waals surface area contributed by atoms with Crippen LogP contribution in [-0.2, 0) is 10.0 Å². The van der Waals surface area contributed by atoms with Crippen molar-refractivity contribution < 1.29 is 8.42 Å². The second kappa shape index (κ2) is 12.9. The number of hydrogen-bond donors (Lipinski definition) is 2. The first kappa shape index (κ1) is 18.9. The topological polar surface area (TPSA) is 58.2 Å². The largest absolute Gasteiger partial charge is 0.320 e. The molecule has 0 fully saturated rings. The molecule has 0 aromatic heterocycles. The minimum atomic E-state index is -3.05. The van der Waals surface area contributed by atoms with Gasteiger partial charge in [-0.25, -0.2) is 13.1 Å². The van der Waals surface area contributed by atoms with E-state index in [0.29, 0.717) is 13.0 Å². The SMILES string of the molecule is CCCCCCCCCCNS(=O)(=O)CCCNC. The van der Waals surface area contributed by atoms with Gasteiger partial charge in [0.15, 0.2) is 0 Å². The summed E-state index contributed by atoms with van der Waals surface area (Å²) in [5, 5.41) is 2.95. The van der Waals surface area contributed by atoms with Crippen molar-refractivity contribution in [2.75, 3.05) is 25.9 Å². The predicted molar refractivity (Wildman–Crippen MR) is 82.9 cm³/mol. The molecule has 0 atom stereocenters. The fourth-order valence-electron chi connectivity index (χ4n) is 2.00. The van der Waals surface area contributed by atoms with Gasteiger partial charge in [-0.05, 0) is 26.4 Å². The molecule has 0 aliphatic carbocycles. The van der Waals surface area contributed by atoms with E-state index in [2.05, 4.69) is 17.0 Å². The van der Waals surface area contributed by atoms with E-state index in [4.69, 9.17) is 0 Å². The summed E-state index contributed by atoms with van der Waals surface area (Å²) in [6, 6.07) is 0. The lowest BCUT2D eigenvalue weighted by Gasteiger charge is -2.06. The maximum atomic E-state index is 11.6. The molecule has 116 valence electrons. The lowest BCUT2D eigenvalue weighted by Crippen LogP contribution is -2.28. The molecule has 0 saturated heterocycles. The Morgan fingerprint density at radius 2 is 1.37 bits per heavy atom. The number of rotatable bonds is 14. The zero-order chi connectivity index (χ0) is 14.4. The van der Waals surface area contributed by atoms with Crippen LogP contribution in [0.5, 0.6) is 0 Å². The number of unbranched alkanes of at least 4 members (excludes halogenated alkanes) is 7. The van der Waals surface area contributed by atoms with Crippen molar-refractivity contribution in [3.63, 3.8) is 0 Å². The van der Waals surface area contributed by atoms with Gasteiger partial charge in [-0.2, -0.15) is 0 Å². The highest BCUT2D eigenvalue weighted by Crippen LogP contribution is 2.07. The molecule has 2 N–H and O–H groups in total. The van der Waals surface area contributed by atoms with Crippen LogP contribution in [-0.4, -0.2) is 34.3 Å². The second-order valence-corrected chi connectivity index (χ2v) is 7.07. The lowest BCUT2D eigenvalue weighted by atomic mass is 10.1. The van der Waals surface area contributed by atoms with Gasteiger partial charge in [0.1, 0.15) is 0 Å². The summed E-state index contributed by atoms with van der Waals surface area (Å²) in [6.45, 7) is 3.57. The number of hydrogen-bond acceptors (Lipinski definition) is 3. The first-order valence-electron chi connectivity index (χ1n) is 7.74. The Bertz CT molecular complexity index is 279. The van der Waals surface area contributed by atoms with E-state index < -0.39 is 10.0 Å². The van der Waals surface area contributed by atoms with Crippen molar-refractivity contribution in [3.05, 3.63) is 0 Å². The van der Waals surface area contributed by atoms with Gasteiger partial charge in [-0.3, -0.25) is 0 Å². The summed E-state index contributed by atoms with van der Waals surface area (Å²) in [5.74, 6) is 0.227. The molecular weight excluding hydrogens is 260 g/mol. The van der Waals surface area contributed by atoms with Crippen molar-refractivity contribution in [2.45, 2.75) is 64.7 Å². The van der Waals surface area contributed by atoms with Crippen molar-refractivity contribution in [2.24, 2.45) is 0 Å². The zero-order valence-electron chi connectivity index (χ0n) is 12.7. The van der Waals surface area contributed by atoms with Gasteiger partial charge < -0.3 is 5.32 Å². The Balaban J connectivity index is 3.33. The highest BCUT2D eigenvalue weighted by molar-refractivity contribution is 7.89. The molecule has 0 unspecified atom stereocenters. The molecule has 0 saturated carbocycles. The van der Waals surface area contributed by atoms with Gasteiger partial charge in [0.25, 0.3) is 0 Å². The molecule has 0 bridgehead atoms. The second-order valence-electron chi connectivity index (χ2n) is 5.15. The average molecular weight is 292 g/mol. The third-order valence-electron chi connectivity index (χ3n) is 3.19. The molecule has 0 aliphatic rings. The fourth-order valence-corrected chi connectivity index (χ4v) is 3.12. The van der Waals surface area contributed by atoms with Gasteiger partial charge >= 0.3 is 0 Å². The minimum Gasteiger partial charge on any atom is -0.320 e. The Kier molecular flexibility index (Phi) is 12.8. The highest BCUT2D eigenvalue weighted by atomic mass is 32.2. The van der Waals surface area contributed by atoms with Crippen LogP contribution in [0.2, 0.25) is 0 Å². The monoisotopic (exact) mass is 292 g/mol. The summed E-state index contributed by atoms with van der Waals surface area (Å²) < 4.78 is 25.8. The standard InChI is InChI=1S/C14H32N2O2S/c1-3-4-5-6-7-8-9-10-13-16-19(17,18)14-11-12-15-2/h15-16H,3-14H2,1-2H3. The van der Waals surface area contributed by atoms with E-state index in [-0.39, 0.29) is 5.75 Å². The Morgan fingerprint density at radius 3 is 1.95 bits per heavy atom. The van der Waals surface area contributed by atoms with Gasteiger partial charge in [-0.15, -0.1) is 0 Å². The van der Waals surface area contributed by atoms with Gasteiger partial charge in [0, 0.05) is 6.54 Å². The molecule has 19 heavy (non-hydrogen) atoms. The Hall–Kier alpha value is -0.130. The van der Waals surface area contributed by atoms with Crippen molar-refractivity contribution >= 4 is 10.0 Å². The molecule has 0 aromatic rings. The molecule has 0 heterocycles. The molecule has 0 aliphatic heterocycles. The number of sulfonamides is 1. The van der Waals surface area contributed by atoms with Crippen LogP contribution in [0, 0.1) is 0 Å². The quantitative estimate of drug-likeness (QED) is 0.484. The number of nitrogens with one attached hydrogen (secondary N) is 2. The Morgan fingerprint density at radius 1 is 0.789 bits per heavy atom. The van der Waals surface area contributed by atoms with Crippen molar-refractivity contribution in [3.8, 4) is 0 Å². The summed E-state index contributed by atoms with van der Waals surface area (Å²) in [6.07, 6.45) is 10.6. The van der Waals surface area contributed by atoms with Gasteiger partial charge in [-0.1, -0.05) is 51.9 Å². The van der Waals surface area contributed by atoms with Gasteiger partial charge in [0.05, 0.1) is 5.75 Å². The molecule has 0 spiro atoms. The van der Waals surface area contributed by atoms with Crippen LogP contribution in [0.3, 0.4) is 0 Å². The maximum absolute atomic E-state index is 11.6.